The van der Waals surface area contributed by atoms with Crippen molar-refractivity contribution in [1.82, 2.24) is 4.72 Å². The summed E-state index contributed by atoms with van der Waals surface area (Å²) in [6, 6.07) is 18.5. The van der Waals surface area contributed by atoms with Gasteiger partial charge in [-0.05, 0) is 18.1 Å². The van der Waals surface area contributed by atoms with Gasteiger partial charge < -0.3 is 5.73 Å². The molecule has 0 bridgehead atoms. The van der Waals surface area contributed by atoms with Crippen LogP contribution in [0.4, 0.5) is 0 Å². The largest absolute Gasteiger partial charge is 0.328 e. The molecule has 0 spiro atoms. The molecule has 0 saturated carbocycles. The second-order valence-corrected chi connectivity index (χ2v) is 6.97. The van der Waals surface area contributed by atoms with Crippen LogP contribution in [0.5, 0.6) is 0 Å². The molecule has 0 aliphatic carbocycles. The zero-order chi connectivity index (χ0) is 15.3. The maximum Gasteiger partial charge on any atom is 0.216 e. The predicted molar refractivity (Wildman–Crippen MR) is 85.0 cm³/mol. The molecular weight excluding hydrogens is 284 g/mol. The predicted octanol–water partition coefficient (Wildman–Crippen LogP) is 1.98. The summed E-state index contributed by atoms with van der Waals surface area (Å²) in [5, 5.41) is 0. The van der Waals surface area contributed by atoms with Gasteiger partial charge >= 0.3 is 0 Å². The van der Waals surface area contributed by atoms with Crippen LogP contribution in [0.15, 0.2) is 60.7 Å². The second-order valence-electron chi connectivity index (χ2n) is 5.25. The van der Waals surface area contributed by atoms with Crippen molar-refractivity contribution < 1.29 is 8.42 Å². The van der Waals surface area contributed by atoms with Gasteiger partial charge in [-0.1, -0.05) is 60.7 Å². The molecule has 0 radical (unpaired) electrons. The Balaban J connectivity index is 2.21. The summed E-state index contributed by atoms with van der Waals surface area (Å²) in [4.78, 5) is 0. The highest BCUT2D eigenvalue weighted by Gasteiger charge is 2.30. The topological polar surface area (TPSA) is 72.2 Å². The van der Waals surface area contributed by atoms with Crippen LogP contribution in [0.1, 0.15) is 18.1 Å². The fourth-order valence-corrected chi connectivity index (χ4v) is 3.79. The van der Waals surface area contributed by atoms with E-state index in [9.17, 15) is 8.42 Å². The van der Waals surface area contributed by atoms with Gasteiger partial charge in [-0.3, -0.25) is 0 Å². The summed E-state index contributed by atoms with van der Waals surface area (Å²) < 4.78 is 27.5. The highest BCUT2D eigenvalue weighted by atomic mass is 32.2. The van der Waals surface area contributed by atoms with Gasteiger partial charge in [0.25, 0.3) is 0 Å². The minimum absolute atomic E-state index is 0.0593. The summed E-state index contributed by atoms with van der Waals surface area (Å²) in [6.45, 7) is 1.98. The lowest BCUT2D eigenvalue weighted by Crippen LogP contribution is -2.49. The van der Waals surface area contributed by atoms with Crippen molar-refractivity contribution in [1.29, 1.82) is 0 Å². The summed E-state index contributed by atoms with van der Waals surface area (Å²) in [6.07, 6.45) is 0. The van der Waals surface area contributed by atoms with Crippen LogP contribution in [0, 0.1) is 0 Å². The standard InChI is InChI=1S/C16H20N2O2S/c1-16(13-17,15-10-6-3-7-11-15)18-21(19,20)12-14-8-4-2-5-9-14/h2-11,18H,12-13,17H2,1H3. The van der Waals surface area contributed by atoms with E-state index in [4.69, 9.17) is 5.73 Å². The van der Waals surface area contributed by atoms with Gasteiger partial charge in [-0.2, -0.15) is 0 Å². The van der Waals surface area contributed by atoms with Crippen molar-refractivity contribution in [3.05, 3.63) is 71.8 Å². The molecule has 2 rings (SSSR count). The van der Waals surface area contributed by atoms with Crippen LogP contribution >= 0.6 is 0 Å². The fraction of sp³-hybridized carbons (Fsp3) is 0.250. The lowest BCUT2D eigenvalue weighted by Gasteiger charge is -2.29. The molecule has 112 valence electrons. The number of benzene rings is 2. The molecule has 0 heterocycles. The second kappa shape index (κ2) is 6.39. The SMILES string of the molecule is CC(CN)(NS(=O)(=O)Cc1ccccc1)c1ccccc1. The van der Waals surface area contributed by atoms with E-state index in [0.717, 1.165) is 11.1 Å². The van der Waals surface area contributed by atoms with Gasteiger partial charge in [0, 0.05) is 6.54 Å². The number of hydrogen-bond donors (Lipinski definition) is 2. The highest BCUT2D eigenvalue weighted by molar-refractivity contribution is 7.88. The first-order valence-electron chi connectivity index (χ1n) is 6.76. The van der Waals surface area contributed by atoms with E-state index in [0.29, 0.717) is 0 Å². The first-order valence-corrected chi connectivity index (χ1v) is 8.42. The van der Waals surface area contributed by atoms with Crippen molar-refractivity contribution in [2.45, 2.75) is 18.2 Å². The van der Waals surface area contributed by atoms with Gasteiger partial charge in [0.2, 0.25) is 10.0 Å². The number of rotatable bonds is 6. The van der Waals surface area contributed by atoms with Crippen LogP contribution in [-0.4, -0.2) is 15.0 Å². The molecule has 0 saturated heterocycles. The van der Waals surface area contributed by atoms with Crippen molar-refractivity contribution >= 4 is 10.0 Å². The normalized spacial score (nSPS) is 14.6. The van der Waals surface area contributed by atoms with E-state index in [1.165, 1.54) is 0 Å². The minimum Gasteiger partial charge on any atom is -0.328 e. The quantitative estimate of drug-likeness (QED) is 0.857. The maximum atomic E-state index is 12.4. The monoisotopic (exact) mass is 304 g/mol. The van der Waals surface area contributed by atoms with E-state index in [1.807, 2.05) is 48.5 Å². The van der Waals surface area contributed by atoms with E-state index in [-0.39, 0.29) is 12.3 Å². The molecule has 3 N–H and O–H groups in total. The fourth-order valence-electron chi connectivity index (χ4n) is 2.20. The summed E-state index contributed by atoms with van der Waals surface area (Å²) in [5.41, 5.74) is 6.60. The number of nitrogens with one attached hydrogen (secondary N) is 1. The Morgan fingerprint density at radius 3 is 2.05 bits per heavy atom. The molecular formula is C16H20N2O2S. The zero-order valence-corrected chi connectivity index (χ0v) is 12.8. The number of sulfonamides is 1. The van der Waals surface area contributed by atoms with E-state index < -0.39 is 15.6 Å². The third-order valence-electron chi connectivity index (χ3n) is 3.40. The molecule has 21 heavy (non-hydrogen) atoms. The van der Waals surface area contributed by atoms with Gasteiger partial charge in [-0.25, -0.2) is 13.1 Å². The van der Waals surface area contributed by atoms with E-state index in [1.54, 1.807) is 19.1 Å². The molecule has 2 aromatic carbocycles. The van der Waals surface area contributed by atoms with E-state index in [2.05, 4.69) is 4.72 Å². The summed E-state index contributed by atoms with van der Waals surface area (Å²) in [7, 11) is -3.48. The van der Waals surface area contributed by atoms with Gasteiger partial charge in [0.1, 0.15) is 0 Å². The molecule has 5 heteroatoms. The van der Waals surface area contributed by atoms with Crippen LogP contribution in [0.25, 0.3) is 0 Å². The summed E-state index contributed by atoms with van der Waals surface area (Å²) in [5.74, 6) is -0.0593. The van der Waals surface area contributed by atoms with Crippen molar-refractivity contribution in [3.63, 3.8) is 0 Å². The number of hydrogen-bond acceptors (Lipinski definition) is 3. The van der Waals surface area contributed by atoms with Crippen molar-refractivity contribution in [3.8, 4) is 0 Å². The average Bonchev–Trinajstić information content (AvgIpc) is 2.48. The third-order valence-corrected chi connectivity index (χ3v) is 4.87. The molecule has 1 atom stereocenters. The van der Waals surface area contributed by atoms with E-state index >= 15 is 0 Å². The van der Waals surface area contributed by atoms with Crippen LogP contribution in [0.3, 0.4) is 0 Å². The molecule has 0 aliphatic rings. The van der Waals surface area contributed by atoms with Gasteiger partial charge in [-0.15, -0.1) is 0 Å². The molecule has 0 amide bonds. The molecule has 1 unspecified atom stereocenters. The first kappa shape index (κ1) is 15.7. The minimum atomic E-state index is -3.48. The van der Waals surface area contributed by atoms with Crippen LogP contribution in [0.2, 0.25) is 0 Å². The van der Waals surface area contributed by atoms with Crippen LogP contribution in [-0.2, 0) is 21.3 Å². The lowest BCUT2D eigenvalue weighted by atomic mass is 9.94. The Kier molecular flexibility index (Phi) is 4.77. The molecule has 2 aromatic rings. The average molecular weight is 304 g/mol. The smallest absolute Gasteiger partial charge is 0.216 e. The first-order chi connectivity index (χ1) is 9.95. The lowest BCUT2D eigenvalue weighted by molar-refractivity contribution is 0.441. The third kappa shape index (κ3) is 4.14. The molecule has 0 aliphatic heterocycles. The highest BCUT2D eigenvalue weighted by Crippen LogP contribution is 2.21. The Hall–Kier alpha value is -1.69. The van der Waals surface area contributed by atoms with Crippen molar-refractivity contribution in [2.75, 3.05) is 6.54 Å². The van der Waals surface area contributed by atoms with Crippen LogP contribution < -0.4 is 10.5 Å². The van der Waals surface area contributed by atoms with Gasteiger partial charge in [0.15, 0.2) is 0 Å². The molecule has 0 aromatic heterocycles. The Labute approximate surface area is 126 Å². The molecule has 0 fully saturated rings. The zero-order valence-electron chi connectivity index (χ0n) is 12.0. The summed E-state index contributed by atoms with van der Waals surface area (Å²) >= 11 is 0. The van der Waals surface area contributed by atoms with Gasteiger partial charge in [0.05, 0.1) is 11.3 Å². The number of nitrogens with two attached hydrogens (primary N) is 1. The van der Waals surface area contributed by atoms with Crippen molar-refractivity contribution in [2.24, 2.45) is 5.73 Å². The Bertz CT molecular complexity index is 672. The Morgan fingerprint density at radius 2 is 1.52 bits per heavy atom. The maximum absolute atomic E-state index is 12.4. The molecule has 4 nitrogen and oxygen atoms in total. The Morgan fingerprint density at radius 1 is 1.00 bits per heavy atom.